The van der Waals surface area contributed by atoms with Crippen molar-refractivity contribution in [2.24, 2.45) is 0 Å². The summed E-state index contributed by atoms with van der Waals surface area (Å²) in [7, 11) is 1.62. The first-order valence-corrected chi connectivity index (χ1v) is 5.12. The number of hydrogen-bond donors (Lipinski definition) is 0. The van der Waals surface area contributed by atoms with Crippen LogP contribution in [-0.4, -0.2) is 12.9 Å². The van der Waals surface area contributed by atoms with Gasteiger partial charge in [-0.2, -0.15) is 0 Å². The third kappa shape index (κ3) is 1.67. The molecule has 1 aliphatic carbocycles. The number of rotatable bonds is 2. The molecule has 2 rings (SSSR count). The fourth-order valence-corrected chi connectivity index (χ4v) is 1.97. The van der Waals surface area contributed by atoms with Gasteiger partial charge in [-0.25, -0.2) is 0 Å². The van der Waals surface area contributed by atoms with E-state index in [1.54, 1.807) is 14.0 Å². The second-order valence-electron chi connectivity index (χ2n) is 3.69. The van der Waals surface area contributed by atoms with Crippen molar-refractivity contribution in [1.82, 2.24) is 0 Å². The van der Waals surface area contributed by atoms with Gasteiger partial charge in [0.1, 0.15) is 5.75 Å². The van der Waals surface area contributed by atoms with Gasteiger partial charge in [0.25, 0.3) is 0 Å². The highest BCUT2D eigenvalue weighted by Crippen LogP contribution is 2.12. The van der Waals surface area contributed by atoms with Crippen LogP contribution < -0.4 is 15.2 Å². The lowest BCUT2D eigenvalue weighted by molar-refractivity contribution is 0.101. The molecule has 0 N–H and O–H groups in total. The molecule has 0 saturated carbocycles. The maximum absolute atomic E-state index is 11.4. The molecule has 0 fully saturated rings. The first-order chi connectivity index (χ1) is 7.24. The first-order valence-electron chi connectivity index (χ1n) is 5.12. The Kier molecular flexibility index (Phi) is 2.58. The quantitative estimate of drug-likeness (QED) is 0.675. The Morgan fingerprint density at radius 1 is 1.27 bits per heavy atom. The third-order valence-electron chi connectivity index (χ3n) is 2.69. The van der Waals surface area contributed by atoms with E-state index in [0.29, 0.717) is 5.56 Å². The summed E-state index contributed by atoms with van der Waals surface area (Å²) in [6.45, 7) is 1.57. The number of benzene rings is 1. The van der Waals surface area contributed by atoms with Crippen LogP contribution in [0.4, 0.5) is 0 Å². The molecule has 2 nitrogen and oxygen atoms in total. The van der Waals surface area contributed by atoms with Crippen LogP contribution in [0.25, 0.3) is 12.2 Å². The van der Waals surface area contributed by atoms with E-state index >= 15 is 0 Å². The lowest BCUT2D eigenvalue weighted by Crippen LogP contribution is -2.29. The Bertz CT molecular complexity index is 512. The van der Waals surface area contributed by atoms with Crippen LogP contribution in [0.15, 0.2) is 12.1 Å². The number of hydrogen-bond acceptors (Lipinski definition) is 2. The minimum Gasteiger partial charge on any atom is -0.495 e. The second kappa shape index (κ2) is 3.89. The summed E-state index contributed by atoms with van der Waals surface area (Å²) in [5.74, 6) is 0.768. The topological polar surface area (TPSA) is 26.3 Å². The highest BCUT2D eigenvalue weighted by Gasteiger charge is 2.10. The molecule has 0 aromatic heterocycles. The highest BCUT2D eigenvalue weighted by atomic mass is 16.5. The van der Waals surface area contributed by atoms with E-state index in [9.17, 15) is 4.79 Å². The number of ether oxygens (including phenoxy) is 1. The van der Waals surface area contributed by atoms with Gasteiger partial charge in [-0.05, 0) is 31.1 Å². The Morgan fingerprint density at radius 3 is 2.67 bits per heavy atom. The van der Waals surface area contributed by atoms with Crippen molar-refractivity contribution in [3.05, 3.63) is 28.1 Å². The molecule has 0 saturated heterocycles. The average molecular weight is 202 g/mol. The fourth-order valence-electron chi connectivity index (χ4n) is 1.97. The minimum absolute atomic E-state index is 0.0497. The van der Waals surface area contributed by atoms with Crippen LogP contribution >= 0.6 is 0 Å². The molecule has 0 unspecified atom stereocenters. The predicted octanol–water partition coefficient (Wildman–Crippen LogP) is 1.25. The van der Waals surface area contributed by atoms with Crippen molar-refractivity contribution >= 4 is 17.9 Å². The summed E-state index contributed by atoms with van der Waals surface area (Å²) in [6, 6.07) is 3.83. The molecule has 0 bridgehead atoms. The van der Waals surface area contributed by atoms with Crippen LogP contribution in [0.2, 0.25) is 0 Å². The van der Waals surface area contributed by atoms with Gasteiger partial charge in [0.05, 0.1) is 12.7 Å². The maximum atomic E-state index is 11.4. The Hall–Kier alpha value is -1.57. The molecule has 0 atom stereocenters. The first kappa shape index (κ1) is 9.97. The molecule has 0 aliphatic heterocycles. The van der Waals surface area contributed by atoms with E-state index in [1.165, 1.54) is 5.22 Å². The van der Waals surface area contributed by atoms with Gasteiger partial charge in [0, 0.05) is 5.22 Å². The molecular weight excluding hydrogens is 188 g/mol. The molecule has 0 heterocycles. The highest BCUT2D eigenvalue weighted by molar-refractivity contribution is 5.97. The van der Waals surface area contributed by atoms with Crippen molar-refractivity contribution in [3.8, 4) is 5.75 Å². The van der Waals surface area contributed by atoms with Crippen molar-refractivity contribution in [2.75, 3.05) is 7.11 Å². The second-order valence-corrected chi connectivity index (χ2v) is 3.69. The zero-order valence-corrected chi connectivity index (χ0v) is 9.04. The van der Waals surface area contributed by atoms with Gasteiger partial charge in [-0.3, -0.25) is 4.79 Å². The predicted molar refractivity (Wildman–Crippen MR) is 60.4 cm³/mol. The summed E-state index contributed by atoms with van der Waals surface area (Å²) in [5.41, 5.74) is 0.669. The van der Waals surface area contributed by atoms with Crippen molar-refractivity contribution < 1.29 is 9.53 Å². The molecule has 1 aromatic rings. The van der Waals surface area contributed by atoms with E-state index < -0.39 is 0 Å². The molecule has 15 heavy (non-hydrogen) atoms. The number of methoxy groups -OCH3 is 1. The largest absolute Gasteiger partial charge is 0.495 e. The van der Waals surface area contributed by atoms with E-state index in [2.05, 4.69) is 12.2 Å². The molecular formula is C13H14O2. The van der Waals surface area contributed by atoms with Crippen LogP contribution in [-0.2, 0) is 0 Å². The van der Waals surface area contributed by atoms with Gasteiger partial charge in [0.15, 0.2) is 5.78 Å². The molecule has 2 heteroatoms. The minimum atomic E-state index is 0.0497. The van der Waals surface area contributed by atoms with Crippen LogP contribution in [0.3, 0.4) is 0 Å². The zero-order valence-electron chi connectivity index (χ0n) is 9.04. The fraction of sp³-hybridized carbons (Fsp3) is 0.308. The summed E-state index contributed by atoms with van der Waals surface area (Å²) in [5, 5.41) is 2.24. The molecule has 0 spiro atoms. The SMILES string of the molecule is COc1c(C(C)=O)ccc2c1=CCCC=2. The Labute approximate surface area is 88.9 Å². The van der Waals surface area contributed by atoms with Gasteiger partial charge in [-0.1, -0.05) is 18.2 Å². The number of fused-ring (bicyclic) bond motifs is 1. The van der Waals surface area contributed by atoms with E-state index in [-0.39, 0.29) is 5.78 Å². The average Bonchev–Trinajstić information content (AvgIpc) is 2.27. The smallest absolute Gasteiger partial charge is 0.163 e. The van der Waals surface area contributed by atoms with Crippen LogP contribution in [0.1, 0.15) is 30.1 Å². The van der Waals surface area contributed by atoms with Crippen LogP contribution in [0.5, 0.6) is 5.75 Å². The Balaban J connectivity index is 2.80. The molecule has 78 valence electrons. The van der Waals surface area contributed by atoms with E-state index in [4.69, 9.17) is 4.74 Å². The number of ketones is 1. The summed E-state index contributed by atoms with van der Waals surface area (Å²) in [4.78, 5) is 11.4. The standard InChI is InChI=1S/C13H14O2/c1-9(14)11-8-7-10-5-3-4-6-12(10)13(11)15-2/h5-8H,3-4H2,1-2H3. The van der Waals surface area contributed by atoms with E-state index in [0.717, 1.165) is 23.8 Å². The zero-order chi connectivity index (χ0) is 10.8. The summed E-state index contributed by atoms with van der Waals surface area (Å²) >= 11 is 0. The van der Waals surface area contributed by atoms with Crippen molar-refractivity contribution in [1.29, 1.82) is 0 Å². The summed E-state index contributed by atoms with van der Waals surface area (Å²) < 4.78 is 5.33. The van der Waals surface area contributed by atoms with Gasteiger partial charge in [0.2, 0.25) is 0 Å². The molecule has 1 aliphatic rings. The number of Topliss-reactive ketones (excluding diaryl/α,β-unsaturated/α-hetero) is 1. The molecule has 0 radical (unpaired) electrons. The number of carbonyl (C=O) groups excluding carboxylic acids is 1. The summed E-state index contributed by atoms with van der Waals surface area (Å²) in [6.07, 6.45) is 6.41. The van der Waals surface area contributed by atoms with Crippen LogP contribution in [0, 0.1) is 0 Å². The molecule has 1 aromatic carbocycles. The third-order valence-corrected chi connectivity index (χ3v) is 2.69. The molecule has 0 amide bonds. The van der Waals surface area contributed by atoms with Crippen molar-refractivity contribution in [2.45, 2.75) is 19.8 Å². The van der Waals surface area contributed by atoms with Gasteiger partial charge >= 0.3 is 0 Å². The lowest BCUT2D eigenvalue weighted by Gasteiger charge is -2.09. The maximum Gasteiger partial charge on any atom is 0.163 e. The monoisotopic (exact) mass is 202 g/mol. The van der Waals surface area contributed by atoms with Gasteiger partial charge < -0.3 is 4.74 Å². The van der Waals surface area contributed by atoms with Gasteiger partial charge in [-0.15, -0.1) is 0 Å². The number of carbonyl (C=O) groups is 1. The lowest BCUT2D eigenvalue weighted by atomic mass is 10.0. The van der Waals surface area contributed by atoms with E-state index in [1.807, 2.05) is 12.1 Å². The normalized spacial score (nSPS) is 13.5. The Morgan fingerprint density at radius 2 is 2.00 bits per heavy atom. The van der Waals surface area contributed by atoms with Crippen molar-refractivity contribution in [3.63, 3.8) is 0 Å².